The number of aryl methyl sites for hydroxylation is 2. The molecule has 1 N–H and O–H groups in total. The molecule has 4 heteroatoms. The fourth-order valence-corrected chi connectivity index (χ4v) is 3.82. The lowest BCUT2D eigenvalue weighted by Crippen LogP contribution is -2.50. The molecule has 1 aromatic rings. The van der Waals surface area contributed by atoms with Gasteiger partial charge in [0, 0.05) is 38.8 Å². The minimum atomic E-state index is 0.161. The average molecular weight is 329 g/mol. The molecule has 1 aliphatic heterocycles. The minimum absolute atomic E-state index is 0.161. The largest absolute Gasteiger partial charge is 0.352 e. The summed E-state index contributed by atoms with van der Waals surface area (Å²) in [4.78, 5) is 17.3. The van der Waals surface area contributed by atoms with Gasteiger partial charge in [-0.3, -0.25) is 9.69 Å². The highest BCUT2D eigenvalue weighted by molar-refractivity contribution is 5.79. The number of hydrogen-bond acceptors (Lipinski definition) is 3. The van der Waals surface area contributed by atoms with Crippen molar-refractivity contribution < 1.29 is 4.79 Å². The molecule has 132 valence electrons. The highest BCUT2D eigenvalue weighted by atomic mass is 16.1. The van der Waals surface area contributed by atoms with Gasteiger partial charge < -0.3 is 10.2 Å². The molecule has 0 aromatic heterocycles. The number of benzene rings is 1. The number of piperazine rings is 1. The molecule has 1 saturated heterocycles. The Morgan fingerprint density at radius 2 is 1.92 bits per heavy atom. The van der Waals surface area contributed by atoms with E-state index in [1.165, 1.54) is 30.4 Å². The molecule has 0 saturated carbocycles. The smallest absolute Gasteiger partial charge is 0.224 e. The molecule has 1 heterocycles. The fraction of sp³-hybridized carbons (Fsp3) is 0.650. The van der Waals surface area contributed by atoms with Crippen LogP contribution in [0.2, 0.25) is 0 Å². The Labute approximate surface area is 146 Å². The van der Waals surface area contributed by atoms with Gasteiger partial charge in [0.2, 0.25) is 5.91 Å². The van der Waals surface area contributed by atoms with Crippen LogP contribution in [0.1, 0.15) is 36.5 Å². The van der Waals surface area contributed by atoms with Crippen molar-refractivity contribution >= 4 is 5.91 Å². The molecule has 0 spiro atoms. The first-order valence-electron chi connectivity index (χ1n) is 9.45. The molecule has 2 aliphatic rings. The summed E-state index contributed by atoms with van der Waals surface area (Å²) in [5.74, 6) is 0.161. The van der Waals surface area contributed by atoms with Crippen molar-refractivity contribution in [3.8, 4) is 0 Å². The lowest BCUT2D eigenvalue weighted by Gasteiger charge is -2.34. The van der Waals surface area contributed by atoms with Crippen molar-refractivity contribution in [1.29, 1.82) is 0 Å². The lowest BCUT2D eigenvalue weighted by molar-refractivity contribution is -0.121. The van der Waals surface area contributed by atoms with Gasteiger partial charge in [0.15, 0.2) is 0 Å². The van der Waals surface area contributed by atoms with E-state index in [2.05, 4.69) is 47.3 Å². The minimum Gasteiger partial charge on any atom is -0.352 e. The normalized spacial score (nSPS) is 19.9. The number of rotatable bonds is 6. The third-order valence-corrected chi connectivity index (χ3v) is 5.46. The van der Waals surface area contributed by atoms with Crippen molar-refractivity contribution in [3.63, 3.8) is 0 Å². The quantitative estimate of drug-likeness (QED) is 0.865. The summed E-state index contributed by atoms with van der Waals surface area (Å²) < 4.78 is 0. The standard InChI is InChI=1S/C20H31N3O/c1-3-19(15-23-11-9-22(2)10-12-23)21-20(24)14-16-7-8-17-5-4-6-18(17)13-16/h7-8,13,19H,3-6,9-12,14-15H2,1-2H3,(H,21,24)/t19-/m1/s1. The Morgan fingerprint density at radius 3 is 2.67 bits per heavy atom. The zero-order valence-electron chi connectivity index (χ0n) is 15.2. The molecule has 0 radical (unpaired) electrons. The van der Waals surface area contributed by atoms with Crippen LogP contribution >= 0.6 is 0 Å². The molecule has 1 fully saturated rings. The van der Waals surface area contributed by atoms with Crippen molar-refractivity contribution in [2.45, 2.75) is 45.1 Å². The second-order valence-corrected chi connectivity index (χ2v) is 7.41. The van der Waals surface area contributed by atoms with Crippen LogP contribution in [0.5, 0.6) is 0 Å². The molecule has 1 atom stereocenters. The van der Waals surface area contributed by atoms with Crippen LogP contribution < -0.4 is 5.32 Å². The topological polar surface area (TPSA) is 35.6 Å². The van der Waals surface area contributed by atoms with Crippen LogP contribution in [-0.4, -0.2) is 61.5 Å². The molecule has 0 bridgehead atoms. The van der Waals surface area contributed by atoms with E-state index in [0.717, 1.165) is 44.7 Å². The molecular weight excluding hydrogens is 298 g/mol. The molecular formula is C20H31N3O. The zero-order valence-corrected chi connectivity index (χ0v) is 15.2. The van der Waals surface area contributed by atoms with Gasteiger partial charge in [0.25, 0.3) is 0 Å². The number of amides is 1. The van der Waals surface area contributed by atoms with E-state index in [-0.39, 0.29) is 11.9 Å². The van der Waals surface area contributed by atoms with Gasteiger partial charge in [-0.05, 0) is 49.4 Å². The molecule has 1 aromatic carbocycles. The number of nitrogens with zero attached hydrogens (tertiary/aromatic N) is 2. The van der Waals surface area contributed by atoms with Crippen LogP contribution in [-0.2, 0) is 24.1 Å². The molecule has 24 heavy (non-hydrogen) atoms. The Morgan fingerprint density at radius 1 is 1.17 bits per heavy atom. The first kappa shape index (κ1) is 17.4. The third kappa shape index (κ3) is 4.58. The van der Waals surface area contributed by atoms with Gasteiger partial charge in [-0.1, -0.05) is 25.1 Å². The van der Waals surface area contributed by atoms with Gasteiger partial charge in [-0.2, -0.15) is 0 Å². The van der Waals surface area contributed by atoms with Crippen LogP contribution in [0.15, 0.2) is 18.2 Å². The van der Waals surface area contributed by atoms with E-state index < -0.39 is 0 Å². The molecule has 0 unspecified atom stereocenters. The zero-order chi connectivity index (χ0) is 16.9. The third-order valence-electron chi connectivity index (χ3n) is 5.46. The molecule has 1 aliphatic carbocycles. The summed E-state index contributed by atoms with van der Waals surface area (Å²) in [6.45, 7) is 7.59. The van der Waals surface area contributed by atoms with Crippen molar-refractivity contribution in [1.82, 2.24) is 15.1 Å². The number of fused-ring (bicyclic) bond motifs is 1. The molecule has 4 nitrogen and oxygen atoms in total. The maximum absolute atomic E-state index is 12.4. The Bertz CT molecular complexity index is 564. The van der Waals surface area contributed by atoms with E-state index in [1.807, 2.05) is 0 Å². The Hall–Kier alpha value is -1.39. The highest BCUT2D eigenvalue weighted by Gasteiger charge is 2.19. The summed E-state index contributed by atoms with van der Waals surface area (Å²) in [6, 6.07) is 6.84. The highest BCUT2D eigenvalue weighted by Crippen LogP contribution is 2.23. The predicted octanol–water partition coefficient (Wildman–Crippen LogP) is 1.86. The van der Waals surface area contributed by atoms with Crippen LogP contribution in [0.25, 0.3) is 0 Å². The summed E-state index contributed by atoms with van der Waals surface area (Å²) in [5.41, 5.74) is 4.08. The van der Waals surface area contributed by atoms with E-state index in [1.54, 1.807) is 0 Å². The predicted molar refractivity (Wildman–Crippen MR) is 98.3 cm³/mol. The van der Waals surface area contributed by atoms with E-state index in [0.29, 0.717) is 6.42 Å². The maximum Gasteiger partial charge on any atom is 0.224 e. The number of hydrogen-bond donors (Lipinski definition) is 1. The van der Waals surface area contributed by atoms with E-state index in [4.69, 9.17) is 0 Å². The van der Waals surface area contributed by atoms with Crippen molar-refractivity contribution in [2.75, 3.05) is 39.8 Å². The van der Waals surface area contributed by atoms with Gasteiger partial charge in [-0.25, -0.2) is 0 Å². The summed E-state index contributed by atoms with van der Waals surface area (Å²) in [6.07, 6.45) is 5.12. The fourth-order valence-electron chi connectivity index (χ4n) is 3.82. The summed E-state index contributed by atoms with van der Waals surface area (Å²) in [7, 11) is 2.17. The first-order chi connectivity index (χ1) is 11.6. The summed E-state index contributed by atoms with van der Waals surface area (Å²) in [5, 5.41) is 3.25. The molecule has 3 rings (SSSR count). The lowest BCUT2D eigenvalue weighted by atomic mass is 10.0. The monoisotopic (exact) mass is 329 g/mol. The van der Waals surface area contributed by atoms with Crippen LogP contribution in [0, 0.1) is 0 Å². The number of nitrogens with one attached hydrogen (secondary N) is 1. The van der Waals surface area contributed by atoms with E-state index >= 15 is 0 Å². The molecule has 1 amide bonds. The number of likely N-dealkylation sites (N-methyl/N-ethyl adjacent to an activating group) is 1. The maximum atomic E-state index is 12.4. The van der Waals surface area contributed by atoms with Gasteiger partial charge >= 0.3 is 0 Å². The van der Waals surface area contributed by atoms with Gasteiger partial charge in [0.1, 0.15) is 0 Å². The first-order valence-corrected chi connectivity index (χ1v) is 9.45. The second kappa shape index (κ2) is 8.13. The SMILES string of the molecule is CC[C@H](CN1CCN(C)CC1)NC(=O)Cc1ccc2c(c1)CCC2. The summed E-state index contributed by atoms with van der Waals surface area (Å²) >= 11 is 0. The van der Waals surface area contributed by atoms with Crippen LogP contribution in [0.4, 0.5) is 0 Å². The van der Waals surface area contributed by atoms with E-state index in [9.17, 15) is 4.79 Å². The Balaban J connectivity index is 1.49. The Kier molecular flexibility index (Phi) is 5.90. The number of carbonyl (C=O) groups is 1. The van der Waals surface area contributed by atoms with Crippen LogP contribution in [0.3, 0.4) is 0 Å². The second-order valence-electron chi connectivity index (χ2n) is 7.41. The average Bonchev–Trinajstić information content (AvgIpc) is 3.04. The van der Waals surface area contributed by atoms with Gasteiger partial charge in [0.05, 0.1) is 6.42 Å². The van der Waals surface area contributed by atoms with Crippen molar-refractivity contribution in [3.05, 3.63) is 34.9 Å². The van der Waals surface area contributed by atoms with Gasteiger partial charge in [-0.15, -0.1) is 0 Å². The number of carbonyl (C=O) groups excluding carboxylic acids is 1. The van der Waals surface area contributed by atoms with Crippen molar-refractivity contribution in [2.24, 2.45) is 0 Å².